The Labute approximate surface area is 208 Å². The van der Waals surface area contributed by atoms with Gasteiger partial charge in [-0.05, 0) is 82.3 Å². The molecule has 0 aliphatic carbocycles. The highest BCUT2D eigenvalue weighted by molar-refractivity contribution is 6.31. The number of nitrogens with one attached hydrogen (secondary N) is 2. The Morgan fingerprint density at radius 2 is 1.76 bits per heavy atom. The first-order valence-corrected chi connectivity index (χ1v) is 13.4. The monoisotopic (exact) mass is 486 g/mol. The molecule has 2 amide bonds. The van der Waals surface area contributed by atoms with Gasteiger partial charge in [0.25, 0.3) is 5.91 Å². The van der Waals surface area contributed by atoms with Crippen LogP contribution in [0, 0.1) is 11.8 Å². The second-order valence-electron chi connectivity index (χ2n) is 10.2. The van der Waals surface area contributed by atoms with Crippen molar-refractivity contribution in [3.05, 3.63) is 35.0 Å². The van der Waals surface area contributed by atoms with Crippen molar-refractivity contribution in [3.8, 4) is 0 Å². The zero-order valence-electron chi connectivity index (χ0n) is 20.6. The lowest BCUT2D eigenvalue weighted by Crippen LogP contribution is -2.43. The summed E-state index contributed by atoms with van der Waals surface area (Å²) in [5.74, 6) is 0.459. The SMILES string of the molecule is CC(C(=O)NCCC(C)N1CCCCCC1)C1CCN(C(=O)c2cc3cc(Cl)ccc3[nH]2)CC1. The third-order valence-electron chi connectivity index (χ3n) is 7.89. The van der Waals surface area contributed by atoms with Gasteiger partial charge < -0.3 is 20.1 Å². The van der Waals surface area contributed by atoms with Crippen molar-refractivity contribution in [2.24, 2.45) is 11.8 Å². The van der Waals surface area contributed by atoms with Gasteiger partial charge in [-0.1, -0.05) is 31.4 Å². The second kappa shape index (κ2) is 11.6. The molecule has 2 aromatic rings. The molecule has 2 fully saturated rings. The lowest BCUT2D eigenvalue weighted by atomic mass is 9.84. The van der Waals surface area contributed by atoms with Crippen molar-refractivity contribution in [3.63, 3.8) is 0 Å². The molecule has 7 heteroatoms. The number of rotatable bonds is 7. The molecule has 0 bridgehead atoms. The van der Waals surface area contributed by atoms with E-state index >= 15 is 0 Å². The Morgan fingerprint density at radius 3 is 2.47 bits per heavy atom. The standard InChI is InChI=1S/C27H39ClN4O2/c1-19(31-13-5-3-4-6-14-31)9-12-29-26(33)20(2)21-10-15-32(16-11-21)27(34)25-18-22-17-23(28)7-8-24(22)30-25/h7-8,17-21,30H,3-6,9-16H2,1-2H3,(H,29,33). The number of aromatic amines is 1. The van der Waals surface area contributed by atoms with E-state index in [-0.39, 0.29) is 17.7 Å². The minimum absolute atomic E-state index is 0.0189. The van der Waals surface area contributed by atoms with Crippen LogP contribution < -0.4 is 5.32 Å². The number of piperidine rings is 1. The minimum Gasteiger partial charge on any atom is -0.356 e. The predicted octanol–water partition coefficient (Wildman–Crippen LogP) is 5.08. The number of likely N-dealkylation sites (tertiary alicyclic amines) is 2. The number of carbonyl (C=O) groups is 2. The van der Waals surface area contributed by atoms with E-state index < -0.39 is 0 Å². The summed E-state index contributed by atoms with van der Waals surface area (Å²) in [6.45, 7) is 8.81. The van der Waals surface area contributed by atoms with Crippen molar-refractivity contribution in [2.45, 2.75) is 64.8 Å². The summed E-state index contributed by atoms with van der Waals surface area (Å²) in [4.78, 5) is 33.5. The van der Waals surface area contributed by atoms with E-state index in [0.717, 1.165) is 36.7 Å². The maximum atomic E-state index is 13.0. The number of nitrogens with zero attached hydrogens (tertiary/aromatic N) is 2. The maximum Gasteiger partial charge on any atom is 0.270 e. The summed E-state index contributed by atoms with van der Waals surface area (Å²) < 4.78 is 0. The van der Waals surface area contributed by atoms with Gasteiger partial charge >= 0.3 is 0 Å². The molecular formula is C27H39ClN4O2. The van der Waals surface area contributed by atoms with Crippen LogP contribution in [0.25, 0.3) is 10.9 Å². The number of fused-ring (bicyclic) bond motifs is 1. The Morgan fingerprint density at radius 1 is 1.06 bits per heavy atom. The molecule has 4 rings (SSSR count). The van der Waals surface area contributed by atoms with Gasteiger partial charge in [0.1, 0.15) is 5.69 Å². The highest BCUT2D eigenvalue weighted by Gasteiger charge is 2.30. The minimum atomic E-state index is -0.0269. The average molecular weight is 487 g/mol. The largest absolute Gasteiger partial charge is 0.356 e. The van der Waals surface area contributed by atoms with E-state index in [2.05, 4.69) is 22.1 Å². The first-order chi connectivity index (χ1) is 16.4. The van der Waals surface area contributed by atoms with Crippen LogP contribution in [0.5, 0.6) is 0 Å². The van der Waals surface area contributed by atoms with Gasteiger partial charge in [-0.15, -0.1) is 0 Å². The lowest BCUT2D eigenvalue weighted by molar-refractivity contribution is -0.126. The molecule has 6 nitrogen and oxygen atoms in total. The Kier molecular flexibility index (Phi) is 8.54. The first kappa shape index (κ1) is 25.1. The molecule has 34 heavy (non-hydrogen) atoms. The molecule has 2 aliphatic rings. The number of carbonyl (C=O) groups excluding carboxylic acids is 2. The summed E-state index contributed by atoms with van der Waals surface area (Å²) in [5, 5.41) is 4.79. The quantitative estimate of drug-likeness (QED) is 0.573. The molecule has 186 valence electrons. The molecule has 2 N–H and O–H groups in total. The number of benzene rings is 1. The smallest absolute Gasteiger partial charge is 0.270 e. The maximum absolute atomic E-state index is 13.0. The molecule has 1 aromatic carbocycles. The molecular weight excluding hydrogens is 448 g/mol. The van der Waals surface area contributed by atoms with Crippen molar-refractivity contribution < 1.29 is 9.59 Å². The summed E-state index contributed by atoms with van der Waals surface area (Å²) >= 11 is 6.07. The summed E-state index contributed by atoms with van der Waals surface area (Å²) in [5.41, 5.74) is 1.51. The molecule has 0 spiro atoms. The highest BCUT2D eigenvalue weighted by Crippen LogP contribution is 2.27. The van der Waals surface area contributed by atoms with Crippen LogP contribution in [-0.2, 0) is 4.79 Å². The van der Waals surface area contributed by atoms with Crippen LogP contribution in [0.2, 0.25) is 5.02 Å². The van der Waals surface area contributed by atoms with Crippen molar-refractivity contribution >= 4 is 34.3 Å². The average Bonchev–Trinajstić information content (AvgIpc) is 3.07. The summed E-state index contributed by atoms with van der Waals surface area (Å²) in [7, 11) is 0. The predicted molar refractivity (Wildman–Crippen MR) is 138 cm³/mol. The Balaban J connectivity index is 1.21. The van der Waals surface area contributed by atoms with Crippen LogP contribution in [0.3, 0.4) is 0 Å². The highest BCUT2D eigenvalue weighted by atomic mass is 35.5. The van der Waals surface area contributed by atoms with Crippen LogP contribution in [-0.4, -0.2) is 65.4 Å². The summed E-state index contributed by atoms with van der Waals surface area (Å²) in [6.07, 6.45) is 8.00. The third kappa shape index (κ3) is 6.14. The van der Waals surface area contributed by atoms with Gasteiger partial charge in [0.15, 0.2) is 0 Å². The molecule has 1 aromatic heterocycles. The lowest BCUT2D eigenvalue weighted by Gasteiger charge is -2.34. The number of H-pyrrole nitrogens is 1. The second-order valence-corrected chi connectivity index (χ2v) is 10.6. The molecule has 0 radical (unpaired) electrons. The van der Waals surface area contributed by atoms with Crippen molar-refractivity contribution in [2.75, 3.05) is 32.7 Å². The molecule has 2 unspecified atom stereocenters. The number of halogens is 1. The van der Waals surface area contributed by atoms with Gasteiger partial charge in [-0.2, -0.15) is 0 Å². The van der Waals surface area contributed by atoms with E-state index in [9.17, 15) is 9.59 Å². The van der Waals surface area contributed by atoms with Crippen molar-refractivity contribution in [1.82, 2.24) is 20.1 Å². The fourth-order valence-corrected chi connectivity index (χ4v) is 5.67. The van der Waals surface area contributed by atoms with E-state index in [1.54, 1.807) is 0 Å². The van der Waals surface area contributed by atoms with E-state index in [1.165, 1.54) is 38.8 Å². The van der Waals surface area contributed by atoms with Gasteiger partial charge in [0.05, 0.1) is 0 Å². The molecule has 2 atom stereocenters. The van der Waals surface area contributed by atoms with Crippen LogP contribution in [0.15, 0.2) is 24.3 Å². The van der Waals surface area contributed by atoms with Crippen LogP contribution in [0.1, 0.15) is 69.3 Å². The zero-order valence-corrected chi connectivity index (χ0v) is 21.4. The fraction of sp³-hybridized carbons (Fsp3) is 0.630. The van der Waals surface area contributed by atoms with Gasteiger partial charge in [-0.3, -0.25) is 9.59 Å². The van der Waals surface area contributed by atoms with Crippen LogP contribution >= 0.6 is 11.6 Å². The van der Waals surface area contributed by atoms with Crippen LogP contribution in [0.4, 0.5) is 0 Å². The third-order valence-corrected chi connectivity index (χ3v) is 8.12. The number of hydrogen-bond acceptors (Lipinski definition) is 3. The fourth-order valence-electron chi connectivity index (χ4n) is 5.49. The van der Waals surface area contributed by atoms with E-state index in [0.29, 0.717) is 35.8 Å². The topological polar surface area (TPSA) is 68.4 Å². The number of amides is 2. The normalized spacial score (nSPS) is 20.1. The zero-order chi connectivity index (χ0) is 24.1. The van der Waals surface area contributed by atoms with E-state index in [4.69, 9.17) is 11.6 Å². The van der Waals surface area contributed by atoms with Crippen molar-refractivity contribution in [1.29, 1.82) is 0 Å². The number of aromatic nitrogens is 1. The molecule has 0 saturated carbocycles. The molecule has 2 saturated heterocycles. The van der Waals surface area contributed by atoms with Gasteiger partial charge in [0, 0.05) is 47.5 Å². The molecule has 2 aliphatic heterocycles. The Hall–Kier alpha value is -2.05. The Bertz CT molecular complexity index is 974. The van der Waals surface area contributed by atoms with E-state index in [1.807, 2.05) is 36.1 Å². The first-order valence-electron chi connectivity index (χ1n) is 13.0. The van der Waals surface area contributed by atoms with Gasteiger partial charge in [-0.25, -0.2) is 0 Å². The summed E-state index contributed by atoms with van der Waals surface area (Å²) in [6, 6.07) is 7.98. The van der Waals surface area contributed by atoms with Gasteiger partial charge in [0.2, 0.25) is 5.91 Å². The number of hydrogen-bond donors (Lipinski definition) is 2. The molecule has 3 heterocycles.